The number of halogens is 2. The highest BCUT2D eigenvalue weighted by Crippen LogP contribution is 2.31. The summed E-state index contributed by atoms with van der Waals surface area (Å²) in [4.78, 5) is 29.6. The van der Waals surface area contributed by atoms with Crippen LogP contribution in [-0.4, -0.2) is 67.4 Å². The van der Waals surface area contributed by atoms with Crippen molar-refractivity contribution in [1.29, 1.82) is 5.26 Å². The Labute approximate surface area is 184 Å². The van der Waals surface area contributed by atoms with E-state index in [0.717, 1.165) is 16.0 Å². The molecule has 4 rings (SSSR count). The number of carbonyl (C=O) groups excluding carboxylic acids is 2. The number of nitrogens with one attached hydrogen (secondary N) is 2. The Hall–Kier alpha value is -3.79. The van der Waals surface area contributed by atoms with Gasteiger partial charge in [-0.15, -0.1) is 21.5 Å². The van der Waals surface area contributed by atoms with Gasteiger partial charge in [-0.2, -0.15) is 10.5 Å². The first-order valence-corrected chi connectivity index (χ1v) is 10.3. The van der Waals surface area contributed by atoms with Crippen LogP contribution in [0.3, 0.4) is 0 Å². The molecule has 2 amide bonds. The number of tetrazole rings is 1. The van der Waals surface area contributed by atoms with Gasteiger partial charge in [-0.25, -0.2) is 13.8 Å². The van der Waals surface area contributed by atoms with Gasteiger partial charge in [-0.05, 0) is 10.8 Å². The Bertz CT molecular complexity index is 1160. The van der Waals surface area contributed by atoms with E-state index in [0.29, 0.717) is 17.3 Å². The van der Waals surface area contributed by atoms with Gasteiger partial charge in [0, 0.05) is 23.8 Å². The molecule has 1 aliphatic heterocycles. The number of likely N-dealkylation sites (tertiary alicyclic amines) is 1. The fourth-order valence-electron chi connectivity index (χ4n) is 3.27. The van der Waals surface area contributed by atoms with Gasteiger partial charge in [-0.1, -0.05) is 24.3 Å². The fraction of sp³-hybridized carbons (Fsp3) is 0.316. The molecular weight excluding hydrogens is 442 g/mol. The van der Waals surface area contributed by atoms with E-state index in [2.05, 4.69) is 30.9 Å². The summed E-state index contributed by atoms with van der Waals surface area (Å²) in [6.07, 6.45) is -0.204. The average molecular weight is 458 g/mol. The van der Waals surface area contributed by atoms with Crippen molar-refractivity contribution in [3.8, 4) is 17.5 Å². The van der Waals surface area contributed by atoms with Crippen LogP contribution in [0.1, 0.15) is 27.5 Å². The van der Waals surface area contributed by atoms with E-state index in [1.165, 1.54) is 11.3 Å². The van der Waals surface area contributed by atoms with Crippen LogP contribution in [0.4, 0.5) is 8.78 Å². The van der Waals surface area contributed by atoms with Crippen molar-refractivity contribution >= 4 is 23.2 Å². The number of alkyl halides is 2. The normalized spacial score (nSPS) is 17.2. The first-order valence-electron chi connectivity index (χ1n) is 9.47. The number of nitrogens with zero attached hydrogens (tertiary/aromatic N) is 6. The summed E-state index contributed by atoms with van der Waals surface area (Å²) in [6, 6.07) is 7.98. The molecule has 0 saturated carbocycles. The van der Waals surface area contributed by atoms with E-state index < -0.39 is 43.3 Å². The Balaban J connectivity index is 1.32. The van der Waals surface area contributed by atoms with E-state index in [1.807, 2.05) is 24.3 Å². The second-order valence-electron chi connectivity index (χ2n) is 7.14. The highest BCUT2D eigenvalue weighted by Gasteiger charge is 2.47. The lowest BCUT2D eigenvalue weighted by Crippen LogP contribution is -2.43. The van der Waals surface area contributed by atoms with Gasteiger partial charge in [0.25, 0.3) is 11.8 Å². The predicted molar refractivity (Wildman–Crippen MR) is 108 cm³/mol. The molecular formula is C19H16F2N8O2S. The first kappa shape index (κ1) is 21.4. The summed E-state index contributed by atoms with van der Waals surface area (Å²) in [5, 5.41) is 27.3. The number of rotatable bonds is 6. The molecule has 3 aromatic rings. The molecule has 10 nitrogen and oxygen atoms in total. The van der Waals surface area contributed by atoms with Crippen LogP contribution in [0.2, 0.25) is 0 Å². The number of aromatic amines is 1. The average Bonchev–Trinajstić information content (AvgIpc) is 3.52. The maximum Gasteiger partial charge on any atom is 0.271 e. The number of hydrogen-bond donors (Lipinski definition) is 2. The maximum atomic E-state index is 13.5. The fourth-order valence-corrected chi connectivity index (χ4v) is 4.08. The van der Waals surface area contributed by atoms with Gasteiger partial charge >= 0.3 is 0 Å². The molecule has 1 atom stereocenters. The Morgan fingerprint density at radius 3 is 2.81 bits per heavy atom. The molecule has 2 N–H and O–H groups in total. The number of carbonyl (C=O) groups is 2. The number of aromatic nitrogens is 5. The third kappa shape index (κ3) is 4.75. The number of amides is 2. The Morgan fingerprint density at radius 2 is 2.12 bits per heavy atom. The van der Waals surface area contributed by atoms with Gasteiger partial charge in [0.1, 0.15) is 11.7 Å². The molecule has 1 aliphatic rings. The molecule has 0 bridgehead atoms. The van der Waals surface area contributed by atoms with Crippen molar-refractivity contribution in [2.24, 2.45) is 0 Å². The molecule has 1 aromatic carbocycles. The minimum absolute atomic E-state index is 0.129. The van der Waals surface area contributed by atoms with Crippen molar-refractivity contribution in [2.75, 3.05) is 13.1 Å². The van der Waals surface area contributed by atoms with Crippen LogP contribution >= 0.6 is 11.3 Å². The van der Waals surface area contributed by atoms with Crippen LogP contribution in [-0.2, 0) is 11.2 Å². The number of hydrogen-bond acceptors (Lipinski definition) is 8. The lowest BCUT2D eigenvalue weighted by molar-refractivity contribution is -0.131. The number of nitriles is 1. The quantitative estimate of drug-likeness (QED) is 0.569. The standard InChI is InChI=1S/C19H16F2N8O2S/c20-19(21)6-13(7-22)29(10-19)16(30)8-23-18(31)14-9-32-15(24-14)5-11-1-3-12(4-2-11)17-25-27-28-26-17/h1-4,9,13H,5-6,8,10H2,(H,23,31)(H,25,26,27,28)/t13-/m0/s1. The van der Waals surface area contributed by atoms with E-state index >= 15 is 0 Å². The number of benzene rings is 1. The van der Waals surface area contributed by atoms with Gasteiger partial charge in [0.15, 0.2) is 0 Å². The van der Waals surface area contributed by atoms with Gasteiger partial charge < -0.3 is 10.2 Å². The van der Waals surface area contributed by atoms with Crippen molar-refractivity contribution in [2.45, 2.75) is 24.8 Å². The van der Waals surface area contributed by atoms with Crippen molar-refractivity contribution in [3.05, 3.63) is 45.9 Å². The zero-order chi connectivity index (χ0) is 22.7. The summed E-state index contributed by atoms with van der Waals surface area (Å²) in [5.41, 5.74) is 1.90. The van der Waals surface area contributed by atoms with E-state index in [-0.39, 0.29) is 5.69 Å². The van der Waals surface area contributed by atoms with E-state index in [4.69, 9.17) is 5.26 Å². The summed E-state index contributed by atoms with van der Waals surface area (Å²) < 4.78 is 27.0. The smallest absolute Gasteiger partial charge is 0.271 e. The minimum Gasteiger partial charge on any atom is -0.342 e. The molecule has 0 spiro atoms. The predicted octanol–water partition coefficient (Wildman–Crippen LogP) is 1.40. The van der Waals surface area contributed by atoms with E-state index in [1.54, 1.807) is 11.4 Å². The van der Waals surface area contributed by atoms with Crippen molar-refractivity contribution < 1.29 is 18.4 Å². The minimum atomic E-state index is -3.10. The zero-order valence-electron chi connectivity index (χ0n) is 16.5. The molecule has 2 aromatic heterocycles. The highest BCUT2D eigenvalue weighted by molar-refractivity contribution is 7.09. The monoisotopic (exact) mass is 458 g/mol. The molecule has 1 saturated heterocycles. The SMILES string of the molecule is N#C[C@@H]1CC(F)(F)CN1C(=O)CNC(=O)c1csc(Cc2ccc(-c3nn[nH]n3)cc2)n1. The van der Waals surface area contributed by atoms with Gasteiger partial charge in [0.05, 0.1) is 24.2 Å². The van der Waals surface area contributed by atoms with Crippen LogP contribution in [0.25, 0.3) is 11.4 Å². The summed E-state index contributed by atoms with van der Waals surface area (Å²) in [6.45, 7) is -1.32. The van der Waals surface area contributed by atoms with Crippen molar-refractivity contribution in [3.63, 3.8) is 0 Å². The van der Waals surface area contributed by atoms with Crippen LogP contribution in [0.15, 0.2) is 29.6 Å². The topological polar surface area (TPSA) is 141 Å². The third-order valence-corrected chi connectivity index (χ3v) is 5.69. The maximum absolute atomic E-state index is 13.5. The summed E-state index contributed by atoms with van der Waals surface area (Å²) >= 11 is 1.29. The highest BCUT2D eigenvalue weighted by atomic mass is 32.1. The molecule has 0 unspecified atom stereocenters. The number of thiazole rings is 1. The molecule has 13 heteroatoms. The Kier molecular flexibility index (Phi) is 5.87. The lowest BCUT2D eigenvalue weighted by Gasteiger charge is -2.19. The number of H-pyrrole nitrogens is 1. The second kappa shape index (κ2) is 8.75. The summed E-state index contributed by atoms with van der Waals surface area (Å²) in [7, 11) is 0. The molecule has 32 heavy (non-hydrogen) atoms. The van der Waals surface area contributed by atoms with Gasteiger partial charge in [0.2, 0.25) is 11.7 Å². The second-order valence-corrected chi connectivity index (χ2v) is 8.09. The molecule has 1 fully saturated rings. The molecule has 0 radical (unpaired) electrons. The molecule has 0 aliphatic carbocycles. The lowest BCUT2D eigenvalue weighted by atomic mass is 10.1. The molecule has 164 valence electrons. The van der Waals surface area contributed by atoms with Gasteiger partial charge in [-0.3, -0.25) is 9.59 Å². The molecule has 3 heterocycles. The van der Waals surface area contributed by atoms with Crippen LogP contribution < -0.4 is 5.32 Å². The zero-order valence-corrected chi connectivity index (χ0v) is 17.3. The van der Waals surface area contributed by atoms with Crippen molar-refractivity contribution in [1.82, 2.24) is 35.8 Å². The Morgan fingerprint density at radius 1 is 1.34 bits per heavy atom. The third-order valence-electron chi connectivity index (χ3n) is 4.84. The largest absolute Gasteiger partial charge is 0.342 e. The van der Waals surface area contributed by atoms with Crippen LogP contribution in [0, 0.1) is 11.3 Å². The van der Waals surface area contributed by atoms with Crippen LogP contribution in [0.5, 0.6) is 0 Å². The first-order chi connectivity index (χ1) is 15.3. The van der Waals surface area contributed by atoms with E-state index in [9.17, 15) is 18.4 Å². The summed E-state index contributed by atoms with van der Waals surface area (Å²) in [5.74, 6) is -3.95.